The first-order chi connectivity index (χ1) is 11.9. The Bertz CT molecular complexity index is 595. The first kappa shape index (κ1) is 20.1. The molecule has 6 heteroatoms. The number of nitrogens with one attached hydrogen (secondary N) is 1. The molecule has 1 aromatic carbocycles. The van der Waals surface area contributed by atoms with E-state index in [1.807, 2.05) is 0 Å². The predicted molar refractivity (Wildman–Crippen MR) is 102 cm³/mol. The zero-order chi connectivity index (χ0) is 18.4. The van der Waals surface area contributed by atoms with Crippen LogP contribution in [0.4, 0.5) is 0 Å². The number of benzene rings is 1. The zero-order valence-corrected chi connectivity index (χ0v) is 16.4. The summed E-state index contributed by atoms with van der Waals surface area (Å²) < 4.78 is 0. The first-order valence-electron chi connectivity index (χ1n) is 8.96. The summed E-state index contributed by atoms with van der Waals surface area (Å²) in [5.74, 6) is -0.209. The van der Waals surface area contributed by atoms with Crippen LogP contribution in [0.25, 0.3) is 0 Å². The van der Waals surface area contributed by atoms with Crippen molar-refractivity contribution in [3.63, 3.8) is 0 Å². The largest absolute Gasteiger partial charge is 0.352 e. The molecule has 0 aliphatic heterocycles. The molecule has 0 radical (unpaired) electrons. The van der Waals surface area contributed by atoms with Gasteiger partial charge in [0.2, 0.25) is 11.8 Å². The van der Waals surface area contributed by atoms with Crippen molar-refractivity contribution < 1.29 is 9.59 Å². The normalized spacial score (nSPS) is 16.3. The van der Waals surface area contributed by atoms with Crippen LogP contribution in [-0.4, -0.2) is 28.8 Å². The second-order valence-electron chi connectivity index (χ2n) is 6.59. The molecule has 0 bridgehead atoms. The first-order valence-corrected chi connectivity index (χ1v) is 9.72. The van der Waals surface area contributed by atoms with Gasteiger partial charge in [0.15, 0.2) is 0 Å². The van der Waals surface area contributed by atoms with Gasteiger partial charge in [-0.3, -0.25) is 9.59 Å². The molecule has 0 spiro atoms. The van der Waals surface area contributed by atoms with E-state index in [2.05, 4.69) is 5.32 Å². The predicted octanol–water partition coefficient (Wildman–Crippen LogP) is 4.57. The van der Waals surface area contributed by atoms with Crippen LogP contribution in [0.5, 0.6) is 0 Å². The van der Waals surface area contributed by atoms with Gasteiger partial charge in [-0.1, -0.05) is 55.5 Å². The van der Waals surface area contributed by atoms with Crippen LogP contribution >= 0.6 is 23.2 Å². The number of carbonyl (C=O) groups excluding carboxylic acids is 2. The van der Waals surface area contributed by atoms with E-state index in [9.17, 15) is 9.59 Å². The second-order valence-corrected chi connectivity index (χ2v) is 7.41. The third-order valence-corrected chi connectivity index (χ3v) is 5.52. The van der Waals surface area contributed by atoms with E-state index in [4.69, 9.17) is 23.2 Å². The molecule has 0 aromatic heterocycles. The highest BCUT2D eigenvalue weighted by atomic mass is 35.5. The monoisotopic (exact) mass is 384 g/mol. The van der Waals surface area contributed by atoms with E-state index in [-0.39, 0.29) is 24.4 Å². The smallest absolute Gasteiger partial charge is 0.242 e. The molecule has 2 rings (SSSR count). The van der Waals surface area contributed by atoms with Gasteiger partial charge in [0, 0.05) is 34.6 Å². The number of hydrogen-bond acceptors (Lipinski definition) is 2. The van der Waals surface area contributed by atoms with Crippen molar-refractivity contribution in [2.45, 2.75) is 71.0 Å². The van der Waals surface area contributed by atoms with Crippen molar-refractivity contribution in [2.75, 3.05) is 0 Å². The Balaban J connectivity index is 2.12. The lowest BCUT2D eigenvalue weighted by Crippen LogP contribution is -2.50. The zero-order valence-electron chi connectivity index (χ0n) is 14.9. The van der Waals surface area contributed by atoms with Crippen LogP contribution in [0.1, 0.15) is 57.9 Å². The molecule has 1 N–H and O–H groups in total. The molecule has 1 atom stereocenters. The maximum atomic E-state index is 12.7. The second kappa shape index (κ2) is 9.44. The number of hydrogen-bond donors (Lipinski definition) is 1. The Morgan fingerprint density at radius 3 is 2.36 bits per heavy atom. The highest BCUT2D eigenvalue weighted by Gasteiger charge is 2.28. The van der Waals surface area contributed by atoms with Gasteiger partial charge >= 0.3 is 0 Å². The summed E-state index contributed by atoms with van der Waals surface area (Å²) in [5, 5.41) is 4.10. The Hall–Kier alpha value is -1.26. The fourth-order valence-corrected chi connectivity index (χ4v) is 3.73. The molecule has 1 saturated carbocycles. The number of nitrogens with zero attached hydrogens (tertiary/aromatic N) is 1. The average Bonchev–Trinajstić information content (AvgIpc) is 2.61. The van der Waals surface area contributed by atoms with Gasteiger partial charge in [-0.15, -0.1) is 0 Å². The lowest BCUT2D eigenvalue weighted by Gasteiger charge is -2.31. The van der Waals surface area contributed by atoms with Crippen LogP contribution in [0.2, 0.25) is 10.0 Å². The van der Waals surface area contributed by atoms with Gasteiger partial charge in [0.25, 0.3) is 0 Å². The summed E-state index contributed by atoms with van der Waals surface area (Å²) in [4.78, 5) is 26.7. The van der Waals surface area contributed by atoms with Crippen molar-refractivity contribution in [2.24, 2.45) is 0 Å². The highest BCUT2D eigenvalue weighted by molar-refractivity contribution is 6.36. The molecule has 2 amide bonds. The number of amides is 2. The summed E-state index contributed by atoms with van der Waals surface area (Å²) in [6.45, 7) is 3.77. The van der Waals surface area contributed by atoms with Gasteiger partial charge in [-0.25, -0.2) is 0 Å². The minimum atomic E-state index is -0.568. The number of rotatable bonds is 6. The van der Waals surface area contributed by atoms with Crippen LogP contribution in [-0.2, 0) is 16.1 Å². The van der Waals surface area contributed by atoms with E-state index < -0.39 is 6.04 Å². The summed E-state index contributed by atoms with van der Waals surface area (Å²) >= 11 is 12.5. The Morgan fingerprint density at radius 2 is 1.80 bits per heavy atom. The molecular formula is C19H26Cl2N2O2. The van der Waals surface area contributed by atoms with Gasteiger partial charge in [0.05, 0.1) is 0 Å². The van der Waals surface area contributed by atoms with Crippen LogP contribution < -0.4 is 5.32 Å². The average molecular weight is 385 g/mol. The van der Waals surface area contributed by atoms with Gasteiger partial charge in [-0.2, -0.15) is 0 Å². The van der Waals surface area contributed by atoms with Crippen LogP contribution in [0, 0.1) is 0 Å². The minimum Gasteiger partial charge on any atom is -0.352 e. The van der Waals surface area contributed by atoms with E-state index in [0.29, 0.717) is 22.0 Å². The van der Waals surface area contributed by atoms with E-state index in [1.54, 1.807) is 36.9 Å². The minimum absolute atomic E-state index is 0.0951. The van der Waals surface area contributed by atoms with Crippen molar-refractivity contribution in [1.82, 2.24) is 10.2 Å². The molecule has 1 fully saturated rings. The Kier molecular flexibility index (Phi) is 7.57. The molecule has 138 valence electrons. The third-order valence-electron chi connectivity index (χ3n) is 4.81. The van der Waals surface area contributed by atoms with Crippen LogP contribution in [0.3, 0.4) is 0 Å². The maximum Gasteiger partial charge on any atom is 0.242 e. The third kappa shape index (κ3) is 5.35. The van der Waals surface area contributed by atoms with Crippen molar-refractivity contribution in [3.05, 3.63) is 33.8 Å². The van der Waals surface area contributed by atoms with Crippen molar-refractivity contribution in [1.29, 1.82) is 0 Å². The molecule has 0 unspecified atom stereocenters. The highest BCUT2D eigenvalue weighted by Crippen LogP contribution is 2.27. The Morgan fingerprint density at radius 1 is 1.20 bits per heavy atom. The molecule has 4 nitrogen and oxygen atoms in total. The fraction of sp³-hybridized carbons (Fsp3) is 0.579. The number of halogens is 2. The van der Waals surface area contributed by atoms with Gasteiger partial charge < -0.3 is 10.2 Å². The number of carbonyl (C=O) groups is 2. The lowest BCUT2D eigenvalue weighted by atomic mass is 9.95. The van der Waals surface area contributed by atoms with E-state index in [1.165, 1.54) is 6.42 Å². The van der Waals surface area contributed by atoms with Crippen molar-refractivity contribution in [3.8, 4) is 0 Å². The lowest BCUT2D eigenvalue weighted by molar-refractivity contribution is -0.140. The van der Waals surface area contributed by atoms with Gasteiger partial charge in [0.1, 0.15) is 6.04 Å². The molecule has 25 heavy (non-hydrogen) atoms. The molecule has 0 saturated heterocycles. The van der Waals surface area contributed by atoms with Gasteiger partial charge in [-0.05, 0) is 31.9 Å². The van der Waals surface area contributed by atoms with E-state index >= 15 is 0 Å². The maximum absolute atomic E-state index is 12.7. The topological polar surface area (TPSA) is 49.4 Å². The SMILES string of the molecule is CCC(=O)N(Cc1c(Cl)cccc1Cl)[C@H](C)C(=O)NC1CCCCC1. The molecule has 1 aromatic rings. The molecular weight excluding hydrogens is 359 g/mol. The fourth-order valence-electron chi connectivity index (χ4n) is 3.21. The molecule has 1 aliphatic rings. The van der Waals surface area contributed by atoms with Crippen molar-refractivity contribution >= 4 is 35.0 Å². The summed E-state index contributed by atoms with van der Waals surface area (Å²) in [5.41, 5.74) is 0.671. The summed E-state index contributed by atoms with van der Waals surface area (Å²) in [6.07, 6.45) is 5.86. The standard InChI is InChI=1S/C19H26Cl2N2O2/c1-3-18(24)23(12-15-16(20)10-7-11-17(15)21)13(2)19(25)22-14-8-5-4-6-9-14/h7,10-11,13-14H,3-6,8-9,12H2,1-2H3,(H,22,25)/t13-/m1/s1. The molecule has 1 aliphatic carbocycles. The molecule has 0 heterocycles. The summed E-state index contributed by atoms with van der Waals surface area (Å²) in [6, 6.07) is 4.89. The quantitative estimate of drug-likeness (QED) is 0.780. The summed E-state index contributed by atoms with van der Waals surface area (Å²) in [7, 11) is 0. The van der Waals surface area contributed by atoms with Crippen LogP contribution in [0.15, 0.2) is 18.2 Å². The Labute approximate surface area is 159 Å². The van der Waals surface area contributed by atoms with E-state index in [0.717, 1.165) is 25.7 Å².